The van der Waals surface area contributed by atoms with Gasteiger partial charge in [-0.3, -0.25) is 4.79 Å². The van der Waals surface area contributed by atoms with E-state index in [0.717, 1.165) is 12.0 Å². The zero-order valence-electron chi connectivity index (χ0n) is 12.6. The molecule has 0 unspecified atom stereocenters. The van der Waals surface area contributed by atoms with E-state index in [9.17, 15) is 15.0 Å². The Kier molecular flexibility index (Phi) is 6.16. The highest BCUT2D eigenvalue weighted by atomic mass is 16.3. The summed E-state index contributed by atoms with van der Waals surface area (Å²) in [4.78, 5) is 11.9. The fourth-order valence-electron chi connectivity index (χ4n) is 2.39. The number of carbonyl (C=O) groups excluding carboxylic acids is 1. The van der Waals surface area contributed by atoms with Crippen molar-refractivity contribution in [3.05, 3.63) is 65.7 Å². The second kappa shape index (κ2) is 8.35. The van der Waals surface area contributed by atoms with Gasteiger partial charge in [0.2, 0.25) is 0 Å². The van der Waals surface area contributed by atoms with E-state index in [1.54, 1.807) is 12.1 Å². The molecule has 0 aliphatic heterocycles. The third kappa shape index (κ3) is 5.70. The van der Waals surface area contributed by atoms with E-state index in [2.05, 4.69) is 0 Å². The maximum absolute atomic E-state index is 11.9. The van der Waals surface area contributed by atoms with Crippen LogP contribution in [0.4, 0.5) is 0 Å². The maximum atomic E-state index is 11.9. The molecule has 0 spiro atoms. The van der Waals surface area contributed by atoms with Gasteiger partial charge >= 0.3 is 0 Å². The summed E-state index contributed by atoms with van der Waals surface area (Å²) in [6.45, 7) is 0. The lowest BCUT2D eigenvalue weighted by Gasteiger charge is -2.10. The molecule has 22 heavy (non-hydrogen) atoms. The average Bonchev–Trinajstić information content (AvgIpc) is 2.53. The lowest BCUT2D eigenvalue weighted by atomic mass is 10.0. The minimum absolute atomic E-state index is 0.0774. The van der Waals surface area contributed by atoms with Gasteiger partial charge in [-0.25, -0.2) is 0 Å². The quantitative estimate of drug-likeness (QED) is 0.786. The first-order chi connectivity index (χ1) is 10.6. The van der Waals surface area contributed by atoms with Gasteiger partial charge in [0.15, 0.2) is 0 Å². The fourth-order valence-corrected chi connectivity index (χ4v) is 2.39. The summed E-state index contributed by atoms with van der Waals surface area (Å²) in [5.41, 5.74) is 2.20. The summed E-state index contributed by atoms with van der Waals surface area (Å²) in [6.07, 6.45) is 2.10. The third-order valence-electron chi connectivity index (χ3n) is 3.70. The molecule has 0 aliphatic rings. The summed E-state index contributed by atoms with van der Waals surface area (Å²) < 4.78 is 0. The second-order valence-electron chi connectivity index (χ2n) is 5.59. The molecule has 2 N–H and O–H groups in total. The van der Waals surface area contributed by atoms with Crippen molar-refractivity contribution >= 4 is 5.78 Å². The Hall–Kier alpha value is -2.13. The monoisotopic (exact) mass is 298 g/mol. The number of ketones is 1. The molecule has 0 bridgehead atoms. The molecule has 0 saturated carbocycles. The highest BCUT2D eigenvalue weighted by molar-refractivity contribution is 5.79. The Morgan fingerprint density at radius 2 is 1.55 bits per heavy atom. The minimum Gasteiger partial charge on any atom is -0.508 e. The van der Waals surface area contributed by atoms with Crippen LogP contribution in [0, 0.1) is 0 Å². The molecule has 0 amide bonds. The van der Waals surface area contributed by atoms with Crippen LogP contribution in [-0.2, 0) is 17.6 Å². The largest absolute Gasteiger partial charge is 0.508 e. The molecular weight excluding hydrogens is 276 g/mol. The molecule has 0 heterocycles. The van der Waals surface area contributed by atoms with Crippen molar-refractivity contribution in [2.24, 2.45) is 0 Å². The average molecular weight is 298 g/mol. The molecule has 3 heteroatoms. The molecule has 0 saturated heterocycles. The van der Waals surface area contributed by atoms with Crippen molar-refractivity contribution in [1.82, 2.24) is 0 Å². The van der Waals surface area contributed by atoms with E-state index < -0.39 is 6.10 Å². The lowest BCUT2D eigenvalue weighted by Crippen LogP contribution is -2.14. The van der Waals surface area contributed by atoms with E-state index >= 15 is 0 Å². The summed E-state index contributed by atoms with van der Waals surface area (Å²) in [5.74, 6) is 0.306. The first kappa shape index (κ1) is 16.2. The van der Waals surface area contributed by atoms with Crippen molar-refractivity contribution in [2.45, 2.75) is 38.2 Å². The molecule has 2 aromatic rings. The molecule has 3 nitrogen and oxygen atoms in total. The van der Waals surface area contributed by atoms with Crippen LogP contribution in [-0.4, -0.2) is 22.1 Å². The van der Waals surface area contributed by atoms with Crippen LogP contribution in [0.5, 0.6) is 5.75 Å². The Labute approximate surface area is 131 Å². The normalized spacial score (nSPS) is 12.0. The maximum Gasteiger partial charge on any atom is 0.135 e. The van der Waals surface area contributed by atoms with Crippen molar-refractivity contribution in [1.29, 1.82) is 0 Å². The number of aromatic hydroxyl groups is 1. The minimum atomic E-state index is -0.576. The lowest BCUT2D eigenvalue weighted by molar-refractivity contribution is -0.120. The second-order valence-corrected chi connectivity index (χ2v) is 5.59. The first-order valence-corrected chi connectivity index (χ1v) is 7.65. The van der Waals surface area contributed by atoms with Crippen LogP contribution in [0.2, 0.25) is 0 Å². The SMILES string of the molecule is O=C(CCc1ccc(O)cc1)C[C@@H](O)CCc1ccccc1. The topological polar surface area (TPSA) is 57.5 Å². The van der Waals surface area contributed by atoms with Crippen LogP contribution in [0.1, 0.15) is 30.4 Å². The van der Waals surface area contributed by atoms with Gasteiger partial charge in [-0.15, -0.1) is 0 Å². The molecule has 1 atom stereocenters. The molecule has 116 valence electrons. The number of aliphatic hydroxyl groups excluding tert-OH is 1. The van der Waals surface area contributed by atoms with Gasteiger partial charge in [0.05, 0.1) is 6.10 Å². The van der Waals surface area contributed by atoms with Gasteiger partial charge in [0.1, 0.15) is 11.5 Å². The van der Waals surface area contributed by atoms with Crippen molar-refractivity contribution in [3.63, 3.8) is 0 Å². The van der Waals surface area contributed by atoms with Crippen molar-refractivity contribution in [2.75, 3.05) is 0 Å². The molecule has 2 aromatic carbocycles. The predicted octanol–water partition coefficient (Wildman–Crippen LogP) is 3.28. The van der Waals surface area contributed by atoms with Gasteiger partial charge in [0.25, 0.3) is 0 Å². The molecule has 0 aliphatic carbocycles. The molecule has 0 aromatic heterocycles. The third-order valence-corrected chi connectivity index (χ3v) is 3.70. The Bertz CT molecular complexity index is 575. The standard InChI is InChI=1S/C19H22O3/c20-17-10-6-16(7-11-17)9-13-19(22)14-18(21)12-8-15-4-2-1-3-5-15/h1-7,10-11,18,20-21H,8-9,12-14H2/t18-/m0/s1. The van der Waals surface area contributed by atoms with Crippen LogP contribution in [0.15, 0.2) is 54.6 Å². The molecule has 0 radical (unpaired) electrons. The fraction of sp³-hybridized carbons (Fsp3) is 0.316. The smallest absolute Gasteiger partial charge is 0.135 e. The van der Waals surface area contributed by atoms with E-state index in [-0.39, 0.29) is 18.0 Å². The van der Waals surface area contributed by atoms with Crippen LogP contribution >= 0.6 is 0 Å². The van der Waals surface area contributed by atoms with E-state index in [4.69, 9.17) is 0 Å². The van der Waals surface area contributed by atoms with Crippen LogP contribution in [0.3, 0.4) is 0 Å². The number of phenolic OH excluding ortho intramolecular Hbond substituents is 1. The summed E-state index contributed by atoms with van der Waals surface area (Å²) >= 11 is 0. The Balaban J connectivity index is 1.68. The zero-order valence-corrected chi connectivity index (χ0v) is 12.6. The highest BCUT2D eigenvalue weighted by Gasteiger charge is 2.11. The number of rotatable bonds is 8. The number of carbonyl (C=O) groups is 1. The number of hydrogen-bond acceptors (Lipinski definition) is 3. The van der Waals surface area contributed by atoms with Gasteiger partial charge in [-0.2, -0.15) is 0 Å². The molecule has 0 fully saturated rings. The van der Waals surface area contributed by atoms with Crippen LogP contribution < -0.4 is 0 Å². The Morgan fingerprint density at radius 3 is 2.23 bits per heavy atom. The number of benzene rings is 2. The van der Waals surface area contributed by atoms with Gasteiger partial charge in [-0.1, -0.05) is 42.5 Å². The van der Waals surface area contributed by atoms with E-state index in [1.165, 1.54) is 5.56 Å². The number of aryl methyl sites for hydroxylation is 2. The van der Waals surface area contributed by atoms with Gasteiger partial charge < -0.3 is 10.2 Å². The van der Waals surface area contributed by atoms with E-state index in [1.807, 2.05) is 42.5 Å². The number of aliphatic hydroxyl groups is 1. The zero-order chi connectivity index (χ0) is 15.8. The summed E-state index contributed by atoms with van der Waals surface area (Å²) in [5, 5.41) is 19.2. The van der Waals surface area contributed by atoms with Gasteiger partial charge in [0, 0.05) is 12.8 Å². The molecule has 2 rings (SSSR count). The highest BCUT2D eigenvalue weighted by Crippen LogP contribution is 2.13. The summed E-state index contributed by atoms with van der Waals surface area (Å²) in [7, 11) is 0. The van der Waals surface area contributed by atoms with Gasteiger partial charge in [-0.05, 0) is 42.5 Å². The number of phenols is 1. The summed E-state index contributed by atoms with van der Waals surface area (Å²) in [6, 6.07) is 16.8. The molecular formula is C19H22O3. The van der Waals surface area contributed by atoms with E-state index in [0.29, 0.717) is 19.3 Å². The number of Topliss-reactive ketones (excluding diaryl/α,β-unsaturated/α-hetero) is 1. The number of hydrogen-bond donors (Lipinski definition) is 2. The Morgan fingerprint density at radius 1 is 0.909 bits per heavy atom. The first-order valence-electron chi connectivity index (χ1n) is 7.65. The van der Waals surface area contributed by atoms with Crippen molar-refractivity contribution < 1.29 is 15.0 Å². The van der Waals surface area contributed by atoms with Crippen LogP contribution in [0.25, 0.3) is 0 Å². The van der Waals surface area contributed by atoms with Crippen molar-refractivity contribution in [3.8, 4) is 5.75 Å². The predicted molar refractivity (Wildman–Crippen MR) is 86.8 cm³/mol.